The number of benzene rings is 1. The van der Waals surface area contributed by atoms with Crippen LogP contribution < -0.4 is 5.32 Å². The molecule has 8 nitrogen and oxygen atoms in total. The number of carbonyl (C=O) groups is 1. The first-order valence-electron chi connectivity index (χ1n) is 11.1. The third-order valence-corrected chi connectivity index (χ3v) is 7.72. The Bertz CT molecular complexity index is 1220. The van der Waals surface area contributed by atoms with Crippen LogP contribution in [0.1, 0.15) is 62.9 Å². The van der Waals surface area contributed by atoms with Gasteiger partial charge in [-0.3, -0.25) is 9.69 Å². The lowest BCUT2D eigenvalue weighted by molar-refractivity contribution is 0.0903. The molecule has 10 heteroatoms. The summed E-state index contributed by atoms with van der Waals surface area (Å²) in [6.45, 7) is 5.76. The van der Waals surface area contributed by atoms with Gasteiger partial charge in [-0.05, 0) is 49.1 Å². The van der Waals surface area contributed by atoms with Gasteiger partial charge in [0.1, 0.15) is 5.01 Å². The molecule has 3 aromatic rings. The van der Waals surface area contributed by atoms with Gasteiger partial charge in [0, 0.05) is 35.5 Å². The number of nitrogens with one attached hydrogen (secondary N) is 1. The van der Waals surface area contributed by atoms with Crippen molar-refractivity contribution in [2.45, 2.75) is 51.2 Å². The van der Waals surface area contributed by atoms with Crippen LogP contribution in [0, 0.1) is 11.3 Å². The van der Waals surface area contributed by atoms with E-state index in [2.05, 4.69) is 33.5 Å². The van der Waals surface area contributed by atoms with E-state index in [1.54, 1.807) is 34.3 Å². The fourth-order valence-corrected chi connectivity index (χ4v) is 5.81. The highest BCUT2D eigenvalue weighted by Gasteiger charge is 2.33. The summed E-state index contributed by atoms with van der Waals surface area (Å²) in [6.07, 6.45) is 4.20. The standard InChI is InChI=1S/C23H24ClN7OS/c1-2-30-6-5-19-21(12-30)33-22(27-19)13-31-11-20(28-29-31)23(32)26-17-7-15(8-17)18-9-16(24)4-3-14(18)10-25/h3-4,9,11,15,17H,2,5-8,12-13H2,1H3,(H,26,32). The lowest BCUT2D eigenvalue weighted by Gasteiger charge is -2.36. The maximum absolute atomic E-state index is 12.6. The number of hydrogen-bond donors (Lipinski definition) is 1. The van der Waals surface area contributed by atoms with Crippen molar-refractivity contribution in [3.63, 3.8) is 0 Å². The molecule has 1 aliphatic heterocycles. The third kappa shape index (κ3) is 4.64. The van der Waals surface area contributed by atoms with Crippen molar-refractivity contribution in [1.29, 1.82) is 5.26 Å². The van der Waals surface area contributed by atoms with Crippen LogP contribution in [0.3, 0.4) is 0 Å². The maximum Gasteiger partial charge on any atom is 0.273 e. The number of fused-ring (bicyclic) bond motifs is 1. The maximum atomic E-state index is 12.6. The molecule has 2 aliphatic rings. The van der Waals surface area contributed by atoms with Gasteiger partial charge in [0.25, 0.3) is 5.91 Å². The monoisotopic (exact) mass is 481 g/mol. The van der Waals surface area contributed by atoms with Crippen LogP contribution >= 0.6 is 22.9 Å². The lowest BCUT2D eigenvalue weighted by Crippen LogP contribution is -2.43. The summed E-state index contributed by atoms with van der Waals surface area (Å²) in [5.41, 5.74) is 3.09. The fraction of sp³-hybridized carbons (Fsp3) is 0.435. The molecule has 5 rings (SSSR count). The fourth-order valence-electron chi connectivity index (χ4n) is 4.48. The van der Waals surface area contributed by atoms with Gasteiger partial charge in [0.2, 0.25) is 0 Å². The molecule has 0 unspecified atom stereocenters. The van der Waals surface area contributed by atoms with Crippen molar-refractivity contribution in [2.24, 2.45) is 0 Å². The summed E-state index contributed by atoms with van der Waals surface area (Å²) in [6, 6.07) is 7.60. The first-order chi connectivity index (χ1) is 16.0. The highest BCUT2D eigenvalue weighted by Crippen LogP contribution is 2.39. The Morgan fingerprint density at radius 3 is 3.03 bits per heavy atom. The van der Waals surface area contributed by atoms with Crippen molar-refractivity contribution in [3.05, 3.63) is 61.8 Å². The average Bonchev–Trinajstić information content (AvgIpc) is 3.42. The number of aromatic nitrogens is 4. The minimum Gasteiger partial charge on any atom is -0.348 e. The molecule has 0 spiro atoms. The molecule has 1 aliphatic carbocycles. The van der Waals surface area contributed by atoms with E-state index >= 15 is 0 Å². The minimum atomic E-state index is -0.228. The van der Waals surface area contributed by atoms with Gasteiger partial charge >= 0.3 is 0 Å². The summed E-state index contributed by atoms with van der Waals surface area (Å²) >= 11 is 7.82. The first kappa shape index (κ1) is 22.0. The van der Waals surface area contributed by atoms with Gasteiger partial charge in [-0.25, -0.2) is 9.67 Å². The van der Waals surface area contributed by atoms with Crippen molar-refractivity contribution >= 4 is 28.8 Å². The Labute approximate surface area is 201 Å². The van der Waals surface area contributed by atoms with Crippen molar-refractivity contribution in [3.8, 4) is 6.07 Å². The first-order valence-corrected chi connectivity index (χ1v) is 12.3. The predicted molar refractivity (Wildman–Crippen MR) is 125 cm³/mol. The molecule has 1 saturated carbocycles. The van der Waals surface area contributed by atoms with Crippen LogP contribution in [-0.4, -0.2) is 49.9 Å². The molecule has 0 bridgehead atoms. The second-order valence-electron chi connectivity index (χ2n) is 8.58. The van der Waals surface area contributed by atoms with Crippen LogP contribution in [0.2, 0.25) is 5.02 Å². The quantitative estimate of drug-likeness (QED) is 0.579. The van der Waals surface area contributed by atoms with Gasteiger partial charge in [0.05, 0.1) is 30.1 Å². The summed E-state index contributed by atoms with van der Waals surface area (Å²) in [5.74, 6) is -0.00720. The lowest BCUT2D eigenvalue weighted by atomic mass is 9.74. The minimum absolute atomic E-state index is 0.0466. The van der Waals surface area contributed by atoms with E-state index in [4.69, 9.17) is 16.6 Å². The molecule has 0 saturated heterocycles. The number of nitriles is 1. The topological polar surface area (TPSA) is 99.7 Å². The van der Waals surface area contributed by atoms with E-state index in [0.717, 1.165) is 49.5 Å². The number of rotatable bonds is 6. The Morgan fingerprint density at radius 1 is 1.39 bits per heavy atom. The summed E-state index contributed by atoms with van der Waals surface area (Å²) in [4.78, 5) is 21.2. The number of amides is 1. The van der Waals surface area contributed by atoms with Crippen molar-refractivity contribution in [2.75, 3.05) is 13.1 Å². The smallest absolute Gasteiger partial charge is 0.273 e. The molecular weight excluding hydrogens is 458 g/mol. The van der Waals surface area contributed by atoms with Crippen LogP contribution in [0.4, 0.5) is 0 Å². The normalized spacial score (nSPS) is 20.0. The highest BCUT2D eigenvalue weighted by atomic mass is 35.5. The largest absolute Gasteiger partial charge is 0.348 e. The van der Waals surface area contributed by atoms with E-state index in [-0.39, 0.29) is 17.9 Å². The third-order valence-electron chi connectivity index (χ3n) is 6.42. The molecule has 2 aromatic heterocycles. The molecule has 0 radical (unpaired) electrons. The summed E-state index contributed by atoms with van der Waals surface area (Å²) < 4.78 is 1.67. The SMILES string of the molecule is CCN1CCc2nc(Cn3cc(C(=O)NC4CC(c5cc(Cl)ccc5C#N)C4)nn3)sc2C1. The number of nitrogens with zero attached hydrogens (tertiary/aromatic N) is 6. The average molecular weight is 482 g/mol. The molecule has 1 aromatic carbocycles. The van der Waals surface area contributed by atoms with Gasteiger partial charge in [-0.1, -0.05) is 23.7 Å². The Hall–Kier alpha value is -2.80. The molecular formula is C23H24ClN7OS. The van der Waals surface area contributed by atoms with Gasteiger partial charge in [-0.15, -0.1) is 16.4 Å². The molecule has 33 heavy (non-hydrogen) atoms. The van der Waals surface area contributed by atoms with Crippen LogP contribution in [0.15, 0.2) is 24.4 Å². The Balaban J connectivity index is 1.16. The van der Waals surface area contributed by atoms with E-state index < -0.39 is 0 Å². The highest BCUT2D eigenvalue weighted by molar-refractivity contribution is 7.11. The molecule has 1 N–H and O–H groups in total. The molecule has 1 fully saturated rings. The van der Waals surface area contributed by atoms with Crippen molar-refractivity contribution < 1.29 is 4.79 Å². The summed E-state index contributed by atoms with van der Waals surface area (Å²) in [7, 11) is 0. The second kappa shape index (κ2) is 9.21. The van der Waals surface area contributed by atoms with Crippen molar-refractivity contribution in [1.82, 2.24) is 30.2 Å². The zero-order valence-electron chi connectivity index (χ0n) is 18.3. The molecule has 0 atom stereocenters. The molecule has 1 amide bonds. The van der Waals surface area contributed by atoms with E-state index in [1.807, 2.05) is 6.07 Å². The molecule has 170 valence electrons. The van der Waals surface area contributed by atoms with Gasteiger partial charge in [-0.2, -0.15) is 5.26 Å². The van der Waals surface area contributed by atoms with Gasteiger partial charge < -0.3 is 5.32 Å². The summed E-state index contributed by atoms with van der Waals surface area (Å²) in [5, 5.41) is 22.2. The van der Waals surface area contributed by atoms with Crippen LogP contribution in [0.25, 0.3) is 0 Å². The number of carbonyl (C=O) groups excluding carboxylic acids is 1. The zero-order valence-corrected chi connectivity index (χ0v) is 19.9. The zero-order chi connectivity index (χ0) is 22.9. The van der Waals surface area contributed by atoms with Crippen LogP contribution in [-0.2, 0) is 19.5 Å². The van der Waals surface area contributed by atoms with Gasteiger partial charge in [0.15, 0.2) is 5.69 Å². The number of halogens is 1. The number of thiazole rings is 1. The number of hydrogen-bond acceptors (Lipinski definition) is 7. The predicted octanol–water partition coefficient (Wildman–Crippen LogP) is 3.36. The van der Waals surface area contributed by atoms with E-state index in [1.165, 1.54) is 10.6 Å². The Morgan fingerprint density at radius 2 is 2.24 bits per heavy atom. The van der Waals surface area contributed by atoms with Crippen LogP contribution in [0.5, 0.6) is 0 Å². The van der Waals surface area contributed by atoms with E-state index in [0.29, 0.717) is 22.8 Å². The number of likely N-dealkylation sites (N-methyl/N-ethyl adjacent to an activating group) is 1. The Kier molecular flexibility index (Phi) is 6.15. The second-order valence-corrected chi connectivity index (χ2v) is 10.2. The van der Waals surface area contributed by atoms with E-state index in [9.17, 15) is 10.1 Å². The molecule has 3 heterocycles.